The Balaban J connectivity index is 1.53. The largest absolute Gasteiger partial charge is 0.379 e. The van der Waals surface area contributed by atoms with E-state index in [0.29, 0.717) is 6.04 Å². The number of morpholine rings is 1. The molecule has 3 aliphatic heterocycles. The van der Waals surface area contributed by atoms with Gasteiger partial charge in [-0.15, -0.1) is 0 Å². The molecule has 3 fully saturated rings. The lowest BCUT2D eigenvalue weighted by atomic mass is 9.97. The minimum absolute atomic E-state index is 0.268. The zero-order valence-corrected chi connectivity index (χ0v) is 16.3. The summed E-state index contributed by atoms with van der Waals surface area (Å²) in [5.74, 6) is 3.55. The molecule has 0 radical (unpaired) electrons. The minimum atomic E-state index is 0.268. The van der Waals surface area contributed by atoms with Crippen molar-refractivity contribution in [3.63, 3.8) is 0 Å². The second-order valence-electron chi connectivity index (χ2n) is 7.36. The van der Waals surface area contributed by atoms with Gasteiger partial charge in [0.15, 0.2) is 5.96 Å². The zero-order valence-electron chi connectivity index (χ0n) is 15.5. The third-order valence-corrected chi connectivity index (χ3v) is 7.08. The highest BCUT2D eigenvalue weighted by Crippen LogP contribution is 2.31. The molecule has 0 bridgehead atoms. The highest BCUT2D eigenvalue weighted by Gasteiger charge is 2.37. The maximum Gasteiger partial charge on any atom is 0.193 e. The van der Waals surface area contributed by atoms with E-state index in [2.05, 4.69) is 50.9 Å². The lowest BCUT2D eigenvalue weighted by molar-refractivity contribution is 0.0194. The summed E-state index contributed by atoms with van der Waals surface area (Å²) in [4.78, 5) is 12.0. The first kappa shape index (κ1) is 18.3. The first-order valence-electron chi connectivity index (χ1n) is 9.17. The van der Waals surface area contributed by atoms with E-state index >= 15 is 0 Å². The SMILES string of the molecule is CN=C(NCC1(N(C)C)CCSC1)N1CCC(N2CCOCC2)C1. The van der Waals surface area contributed by atoms with E-state index in [1.807, 2.05) is 7.05 Å². The van der Waals surface area contributed by atoms with E-state index in [0.717, 1.165) is 51.9 Å². The first-order valence-corrected chi connectivity index (χ1v) is 10.3. The van der Waals surface area contributed by atoms with Gasteiger partial charge in [-0.1, -0.05) is 0 Å². The molecule has 3 aliphatic rings. The molecule has 3 saturated heterocycles. The molecule has 0 amide bonds. The molecule has 0 aromatic rings. The topological polar surface area (TPSA) is 43.3 Å². The highest BCUT2D eigenvalue weighted by molar-refractivity contribution is 7.99. The van der Waals surface area contributed by atoms with Gasteiger partial charge in [-0.25, -0.2) is 0 Å². The number of guanidine groups is 1. The van der Waals surface area contributed by atoms with Crippen molar-refractivity contribution in [2.45, 2.75) is 24.4 Å². The summed E-state index contributed by atoms with van der Waals surface area (Å²) in [6.45, 7) is 7.09. The molecular formula is C17H33N5OS. The second-order valence-corrected chi connectivity index (χ2v) is 8.46. The Labute approximate surface area is 151 Å². The molecule has 0 aliphatic carbocycles. The van der Waals surface area contributed by atoms with Crippen LogP contribution in [-0.2, 0) is 4.74 Å². The molecule has 6 nitrogen and oxygen atoms in total. The van der Waals surface area contributed by atoms with Crippen LogP contribution in [0.5, 0.6) is 0 Å². The van der Waals surface area contributed by atoms with Crippen molar-refractivity contribution < 1.29 is 4.74 Å². The number of aliphatic imine (C=N–C) groups is 1. The smallest absolute Gasteiger partial charge is 0.193 e. The molecule has 1 N–H and O–H groups in total. The van der Waals surface area contributed by atoms with Crippen LogP contribution < -0.4 is 5.32 Å². The fraction of sp³-hybridized carbons (Fsp3) is 0.941. The van der Waals surface area contributed by atoms with Gasteiger partial charge in [0.1, 0.15) is 0 Å². The van der Waals surface area contributed by atoms with E-state index in [9.17, 15) is 0 Å². The lowest BCUT2D eigenvalue weighted by Crippen LogP contribution is -2.55. The predicted molar refractivity (Wildman–Crippen MR) is 102 cm³/mol. The van der Waals surface area contributed by atoms with Gasteiger partial charge >= 0.3 is 0 Å². The van der Waals surface area contributed by atoms with Gasteiger partial charge in [0.05, 0.1) is 13.2 Å². The molecule has 24 heavy (non-hydrogen) atoms. The Morgan fingerprint density at radius 2 is 2.12 bits per heavy atom. The van der Waals surface area contributed by atoms with Gasteiger partial charge < -0.3 is 19.9 Å². The quantitative estimate of drug-likeness (QED) is 0.582. The van der Waals surface area contributed by atoms with E-state index in [4.69, 9.17) is 4.74 Å². The maximum absolute atomic E-state index is 5.49. The van der Waals surface area contributed by atoms with Crippen molar-refractivity contribution in [1.82, 2.24) is 20.0 Å². The molecule has 2 unspecified atom stereocenters. The maximum atomic E-state index is 5.49. The van der Waals surface area contributed by atoms with E-state index in [1.54, 1.807) is 0 Å². The summed E-state index contributed by atoms with van der Waals surface area (Å²) < 4.78 is 5.49. The molecule has 7 heteroatoms. The fourth-order valence-corrected chi connectivity index (χ4v) is 5.55. The number of hydrogen-bond acceptors (Lipinski definition) is 5. The molecule has 2 atom stereocenters. The summed E-state index contributed by atoms with van der Waals surface area (Å²) in [5, 5.41) is 3.68. The highest BCUT2D eigenvalue weighted by atomic mass is 32.2. The molecule has 0 aromatic carbocycles. The molecular weight excluding hydrogens is 322 g/mol. The third-order valence-electron chi connectivity index (χ3n) is 5.84. The van der Waals surface area contributed by atoms with Crippen molar-refractivity contribution in [3.05, 3.63) is 0 Å². The van der Waals surface area contributed by atoms with Crippen LogP contribution >= 0.6 is 11.8 Å². The average Bonchev–Trinajstić information content (AvgIpc) is 3.27. The average molecular weight is 356 g/mol. The molecule has 3 rings (SSSR count). The van der Waals surface area contributed by atoms with Gasteiger partial charge in [-0.2, -0.15) is 11.8 Å². The minimum Gasteiger partial charge on any atom is -0.379 e. The molecule has 138 valence electrons. The first-order chi connectivity index (χ1) is 11.6. The van der Waals surface area contributed by atoms with Gasteiger partial charge in [-0.3, -0.25) is 9.89 Å². The van der Waals surface area contributed by atoms with Gasteiger partial charge in [0, 0.05) is 57.1 Å². The summed E-state index contributed by atoms with van der Waals surface area (Å²) in [5.41, 5.74) is 0.268. The van der Waals surface area contributed by atoms with Gasteiger partial charge in [0.2, 0.25) is 0 Å². The Morgan fingerprint density at radius 1 is 1.33 bits per heavy atom. The van der Waals surface area contributed by atoms with E-state index in [1.165, 1.54) is 24.3 Å². The van der Waals surface area contributed by atoms with Crippen molar-refractivity contribution >= 4 is 17.7 Å². The van der Waals surface area contributed by atoms with Crippen LogP contribution in [0.1, 0.15) is 12.8 Å². The van der Waals surface area contributed by atoms with Crippen LogP contribution in [0, 0.1) is 0 Å². The Bertz CT molecular complexity index is 433. The summed E-state index contributed by atoms with van der Waals surface area (Å²) in [7, 11) is 6.33. The molecule has 0 saturated carbocycles. The number of rotatable bonds is 4. The summed E-state index contributed by atoms with van der Waals surface area (Å²) >= 11 is 2.07. The van der Waals surface area contributed by atoms with Crippen molar-refractivity contribution in [2.75, 3.05) is 78.6 Å². The standard InChI is InChI=1S/C17H33N5OS/c1-18-16(19-13-17(20(2)3)5-11-24-14-17)22-6-4-15(12-22)21-7-9-23-10-8-21/h15H,4-14H2,1-3H3,(H,18,19). The number of thioether (sulfide) groups is 1. The Kier molecular flexibility index (Phi) is 6.29. The summed E-state index contributed by atoms with van der Waals surface area (Å²) in [6, 6.07) is 0.650. The van der Waals surface area contributed by atoms with Crippen LogP contribution in [0.25, 0.3) is 0 Å². The number of likely N-dealkylation sites (tertiary alicyclic amines) is 1. The predicted octanol–water partition coefficient (Wildman–Crippen LogP) is 0.406. The van der Waals surface area contributed by atoms with Crippen molar-refractivity contribution in [3.8, 4) is 0 Å². The molecule has 3 heterocycles. The normalized spacial score (nSPS) is 32.8. The fourth-order valence-electron chi connectivity index (χ4n) is 4.00. The van der Waals surface area contributed by atoms with E-state index < -0.39 is 0 Å². The number of likely N-dealkylation sites (N-methyl/N-ethyl adjacent to an activating group) is 1. The van der Waals surface area contributed by atoms with Gasteiger partial charge in [0.25, 0.3) is 0 Å². The van der Waals surface area contributed by atoms with Gasteiger partial charge in [-0.05, 0) is 32.7 Å². The zero-order chi connectivity index (χ0) is 17.0. The summed E-state index contributed by atoms with van der Waals surface area (Å²) in [6.07, 6.45) is 2.49. The number of nitrogens with zero attached hydrogens (tertiary/aromatic N) is 4. The molecule has 0 spiro atoms. The number of ether oxygens (including phenoxy) is 1. The van der Waals surface area contributed by atoms with Crippen LogP contribution in [0.3, 0.4) is 0 Å². The van der Waals surface area contributed by atoms with Crippen LogP contribution in [0.4, 0.5) is 0 Å². The molecule has 0 aromatic heterocycles. The van der Waals surface area contributed by atoms with Crippen LogP contribution in [-0.4, -0.2) is 111 Å². The van der Waals surface area contributed by atoms with Crippen molar-refractivity contribution in [2.24, 2.45) is 4.99 Å². The lowest BCUT2D eigenvalue weighted by Gasteiger charge is -2.37. The van der Waals surface area contributed by atoms with Crippen molar-refractivity contribution in [1.29, 1.82) is 0 Å². The van der Waals surface area contributed by atoms with Crippen LogP contribution in [0.2, 0.25) is 0 Å². The Hall–Kier alpha value is -0.500. The van der Waals surface area contributed by atoms with E-state index in [-0.39, 0.29) is 5.54 Å². The monoisotopic (exact) mass is 355 g/mol. The third kappa shape index (κ3) is 4.00. The number of hydrogen-bond donors (Lipinski definition) is 1. The second kappa shape index (κ2) is 8.25. The number of nitrogens with one attached hydrogen (secondary N) is 1. The Morgan fingerprint density at radius 3 is 2.75 bits per heavy atom. The van der Waals surface area contributed by atoms with Crippen LogP contribution in [0.15, 0.2) is 4.99 Å².